The Morgan fingerprint density at radius 2 is 2.05 bits per heavy atom. The first-order valence-corrected chi connectivity index (χ1v) is 8.10. The van der Waals surface area contributed by atoms with Crippen molar-refractivity contribution in [2.24, 2.45) is 11.8 Å². The maximum absolute atomic E-state index is 11.1. The molecule has 0 spiro atoms. The lowest BCUT2D eigenvalue weighted by atomic mass is 9.79. The highest BCUT2D eigenvalue weighted by atomic mass is 16.1. The molecule has 0 heterocycles. The van der Waals surface area contributed by atoms with Crippen LogP contribution in [-0.4, -0.2) is 11.9 Å². The average molecular weight is 288 g/mol. The maximum Gasteiger partial charge on any atom is 0.221 e. The van der Waals surface area contributed by atoms with E-state index in [-0.39, 0.29) is 5.91 Å². The smallest absolute Gasteiger partial charge is 0.221 e. The molecule has 0 aliphatic heterocycles. The summed E-state index contributed by atoms with van der Waals surface area (Å²) in [4.78, 5) is 11.1. The van der Waals surface area contributed by atoms with Gasteiger partial charge in [-0.25, -0.2) is 0 Å². The Labute approximate surface area is 128 Å². The van der Waals surface area contributed by atoms with Crippen molar-refractivity contribution in [3.05, 3.63) is 23.8 Å². The highest BCUT2D eigenvalue weighted by Gasteiger charge is 2.23. The molecule has 1 fully saturated rings. The minimum absolute atomic E-state index is 0.0223. The summed E-state index contributed by atoms with van der Waals surface area (Å²) in [5, 5.41) is 6.53. The number of carbonyl (C=O) groups is 1. The summed E-state index contributed by atoms with van der Waals surface area (Å²) in [6.45, 7) is 8.24. The fourth-order valence-electron chi connectivity index (χ4n) is 3.28. The molecule has 1 saturated carbocycles. The second kappa shape index (κ2) is 6.97. The first-order chi connectivity index (χ1) is 9.95. The number of benzene rings is 1. The molecule has 0 aromatic heterocycles. The molecule has 0 saturated heterocycles. The van der Waals surface area contributed by atoms with Crippen molar-refractivity contribution in [1.82, 2.24) is 0 Å². The van der Waals surface area contributed by atoms with Crippen molar-refractivity contribution in [2.45, 2.75) is 59.4 Å². The molecule has 3 nitrogen and oxygen atoms in total. The summed E-state index contributed by atoms with van der Waals surface area (Å²) in [5.74, 6) is 1.60. The van der Waals surface area contributed by atoms with Gasteiger partial charge < -0.3 is 10.6 Å². The minimum Gasteiger partial charge on any atom is -0.382 e. The minimum atomic E-state index is -0.0223. The van der Waals surface area contributed by atoms with Gasteiger partial charge in [-0.2, -0.15) is 0 Å². The van der Waals surface area contributed by atoms with Crippen LogP contribution in [0.25, 0.3) is 0 Å². The van der Waals surface area contributed by atoms with Crippen molar-refractivity contribution in [1.29, 1.82) is 0 Å². The predicted molar refractivity (Wildman–Crippen MR) is 89.7 cm³/mol. The molecule has 1 aliphatic rings. The van der Waals surface area contributed by atoms with E-state index in [1.54, 1.807) is 6.92 Å². The van der Waals surface area contributed by atoms with E-state index < -0.39 is 0 Å². The van der Waals surface area contributed by atoms with Gasteiger partial charge in [-0.1, -0.05) is 26.7 Å². The van der Waals surface area contributed by atoms with Crippen molar-refractivity contribution >= 4 is 17.3 Å². The van der Waals surface area contributed by atoms with Gasteiger partial charge in [0.25, 0.3) is 0 Å². The summed E-state index contributed by atoms with van der Waals surface area (Å²) in [6, 6.07) is 6.76. The van der Waals surface area contributed by atoms with Crippen molar-refractivity contribution in [3.8, 4) is 0 Å². The number of rotatable bonds is 4. The van der Waals surface area contributed by atoms with E-state index in [2.05, 4.69) is 36.6 Å². The van der Waals surface area contributed by atoms with Crippen LogP contribution in [0.2, 0.25) is 0 Å². The summed E-state index contributed by atoms with van der Waals surface area (Å²) >= 11 is 0. The van der Waals surface area contributed by atoms with Gasteiger partial charge in [0.15, 0.2) is 0 Å². The van der Waals surface area contributed by atoms with Crippen LogP contribution in [0.1, 0.15) is 52.0 Å². The molecule has 116 valence electrons. The Bertz CT molecular complexity index is 496. The molecule has 21 heavy (non-hydrogen) atoms. The first kappa shape index (κ1) is 15.9. The monoisotopic (exact) mass is 288 g/mol. The predicted octanol–water partition coefficient (Wildman–Crippen LogP) is 4.58. The van der Waals surface area contributed by atoms with Crippen LogP contribution < -0.4 is 10.6 Å². The van der Waals surface area contributed by atoms with E-state index in [0.717, 1.165) is 28.8 Å². The highest BCUT2D eigenvalue weighted by molar-refractivity contribution is 5.89. The second-order valence-electron chi connectivity index (χ2n) is 6.72. The molecule has 2 rings (SSSR count). The summed E-state index contributed by atoms with van der Waals surface area (Å²) in [7, 11) is 0. The first-order valence-electron chi connectivity index (χ1n) is 8.10. The third-order valence-corrected chi connectivity index (χ3v) is 4.57. The average Bonchev–Trinajstić information content (AvgIpc) is 2.42. The Morgan fingerprint density at radius 3 is 2.67 bits per heavy atom. The van der Waals surface area contributed by atoms with Crippen molar-refractivity contribution < 1.29 is 4.79 Å². The van der Waals surface area contributed by atoms with Crippen molar-refractivity contribution in [2.75, 3.05) is 10.6 Å². The standard InChI is InChI=1S/C18H28N2O/c1-12(2)15-6-5-7-16(11-15)20-17-8-9-18(13(3)10-17)19-14(4)21/h8-10,12,15-16,20H,5-7,11H2,1-4H3,(H,19,21). The fraction of sp³-hybridized carbons (Fsp3) is 0.611. The number of nitrogens with one attached hydrogen (secondary N) is 2. The molecule has 0 bridgehead atoms. The van der Waals surface area contributed by atoms with Crippen LogP contribution in [0.3, 0.4) is 0 Å². The Hall–Kier alpha value is -1.51. The SMILES string of the molecule is CC(=O)Nc1ccc(NC2CCCC(C(C)C)C2)cc1C. The molecule has 1 aromatic rings. The summed E-state index contributed by atoms with van der Waals surface area (Å²) in [6.07, 6.45) is 5.22. The molecule has 2 atom stereocenters. The summed E-state index contributed by atoms with van der Waals surface area (Å²) < 4.78 is 0. The Balaban J connectivity index is 1.99. The Morgan fingerprint density at radius 1 is 1.29 bits per heavy atom. The van der Waals surface area contributed by atoms with Gasteiger partial charge in [0.05, 0.1) is 0 Å². The maximum atomic E-state index is 11.1. The van der Waals surface area contributed by atoms with E-state index in [1.165, 1.54) is 25.7 Å². The van der Waals surface area contributed by atoms with Gasteiger partial charge in [0.1, 0.15) is 0 Å². The molecule has 1 aliphatic carbocycles. The van der Waals surface area contributed by atoms with E-state index in [0.29, 0.717) is 6.04 Å². The number of hydrogen-bond donors (Lipinski definition) is 2. The Kier molecular flexibility index (Phi) is 5.27. The van der Waals surface area contributed by atoms with Gasteiger partial charge in [-0.3, -0.25) is 4.79 Å². The largest absolute Gasteiger partial charge is 0.382 e. The molecule has 2 unspecified atom stereocenters. The van der Waals surface area contributed by atoms with Crippen LogP contribution in [0, 0.1) is 18.8 Å². The molecular weight excluding hydrogens is 260 g/mol. The van der Waals surface area contributed by atoms with Gasteiger partial charge in [0, 0.05) is 24.3 Å². The number of anilines is 2. The molecule has 1 aromatic carbocycles. The van der Waals surface area contributed by atoms with Crippen LogP contribution >= 0.6 is 0 Å². The van der Waals surface area contributed by atoms with Gasteiger partial charge >= 0.3 is 0 Å². The van der Waals surface area contributed by atoms with Crippen LogP contribution in [0.5, 0.6) is 0 Å². The van der Waals surface area contributed by atoms with E-state index in [4.69, 9.17) is 0 Å². The topological polar surface area (TPSA) is 41.1 Å². The second-order valence-corrected chi connectivity index (χ2v) is 6.72. The highest BCUT2D eigenvalue weighted by Crippen LogP contribution is 2.32. The zero-order chi connectivity index (χ0) is 15.4. The molecule has 0 radical (unpaired) electrons. The summed E-state index contributed by atoms with van der Waals surface area (Å²) in [5.41, 5.74) is 3.17. The number of carbonyl (C=O) groups excluding carboxylic acids is 1. The number of amides is 1. The van der Waals surface area contributed by atoms with Crippen LogP contribution in [0.4, 0.5) is 11.4 Å². The van der Waals surface area contributed by atoms with E-state index >= 15 is 0 Å². The third kappa shape index (κ3) is 4.48. The lowest BCUT2D eigenvalue weighted by molar-refractivity contribution is -0.114. The zero-order valence-electron chi connectivity index (χ0n) is 13.7. The van der Waals surface area contributed by atoms with Crippen LogP contribution in [0.15, 0.2) is 18.2 Å². The van der Waals surface area contributed by atoms with Crippen LogP contribution in [-0.2, 0) is 4.79 Å². The van der Waals surface area contributed by atoms with Crippen molar-refractivity contribution in [3.63, 3.8) is 0 Å². The van der Waals surface area contributed by atoms with E-state index in [1.807, 2.05) is 13.0 Å². The number of hydrogen-bond acceptors (Lipinski definition) is 2. The lowest BCUT2D eigenvalue weighted by Gasteiger charge is -2.32. The lowest BCUT2D eigenvalue weighted by Crippen LogP contribution is -2.29. The molecule has 1 amide bonds. The zero-order valence-corrected chi connectivity index (χ0v) is 13.7. The number of aryl methyl sites for hydroxylation is 1. The third-order valence-electron chi connectivity index (χ3n) is 4.57. The fourth-order valence-corrected chi connectivity index (χ4v) is 3.28. The van der Waals surface area contributed by atoms with E-state index in [9.17, 15) is 4.79 Å². The van der Waals surface area contributed by atoms with Gasteiger partial charge in [0.2, 0.25) is 5.91 Å². The molecule has 2 N–H and O–H groups in total. The van der Waals surface area contributed by atoms with Gasteiger partial charge in [-0.15, -0.1) is 0 Å². The normalized spacial score (nSPS) is 22.1. The molecular formula is C18H28N2O. The molecule has 3 heteroatoms. The quantitative estimate of drug-likeness (QED) is 0.851. The van der Waals surface area contributed by atoms with Gasteiger partial charge in [-0.05, 0) is 55.4 Å².